The third-order valence-corrected chi connectivity index (χ3v) is 5.16. The van der Waals surface area contributed by atoms with Gasteiger partial charge in [0.25, 0.3) is 0 Å². The number of aromatic nitrogens is 2. The van der Waals surface area contributed by atoms with Gasteiger partial charge in [0, 0.05) is 50.5 Å². The molecule has 142 valence electrons. The molecule has 7 nitrogen and oxygen atoms in total. The van der Waals surface area contributed by atoms with Crippen LogP contribution >= 0.6 is 0 Å². The highest BCUT2D eigenvalue weighted by Gasteiger charge is 2.33. The van der Waals surface area contributed by atoms with E-state index in [0.29, 0.717) is 32.5 Å². The zero-order chi connectivity index (χ0) is 18.5. The van der Waals surface area contributed by atoms with E-state index in [1.165, 1.54) is 0 Å². The number of carbonyl (C=O) groups is 2. The first-order valence-electron chi connectivity index (χ1n) is 9.61. The lowest BCUT2D eigenvalue weighted by Crippen LogP contribution is -2.49. The number of hydrogen-bond donors (Lipinski definition) is 2. The number of amides is 2. The second-order valence-corrected chi connectivity index (χ2v) is 7.43. The maximum Gasteiger partial charge on any atom is 0.226 e. The third-order valence-electron chi connectivity index (χ3n) is 5.16. The average Bonchev–Trinajstić information content (AvgIpc) is 3.15. The van der Waals surface area contributed by atoms with Crippen molar-refractivity contribution in [3.63, 3.8) is 0 Å². The van der Waals surface area contributed by atoms with Crippen molar-refractivity contribution in [3.8, 4) is 0 Å². The zero-order valence-corrected chi connectivity index (χ0v) is 15.8. The van der Waals surface area contributed by atoms with Crippen LogP contribution < -0.4 is 10.6 Å². The molecule has 3 heterocycles. The van der Waals surface area contributed by atoms with Gasteiger partial charge in [0.15, 0.2) is 0 Å². The molecule has 0 aliphatic carbocycles. The van der Waals surface area contributed by atoms with Gasteiger partial charge in [-0.1, -0.05) is 0 Å². The molecule has 26 heavy (non-hydrogen) atoms. The van der Waals surface area contributed by atoms with Gasteiger partial charge in [-0.05, 0) is 39.2 Å². The van der Waals surface area contributed by atoms with E-state index in [1.807, 2.05) is 24.8 Å². The molecule has 3 rings (SSSR count). The molecule has 0 aromatic carbocycles. The smallest absolute Gasteiger partial charge is 0.226 e. The van der Waals surface area contributed by atoms with E-state index in [9.17, 15) is 9.59 Å². The Bertz CT molecular complexity index is 637. The van der Waals surface area contributed by atoms with E-state index >= 15 is 0 Å². The maximum atomic E-state index is 12.6. The van der Waals surface area contributed by atoms with Gasteiger partial charge in [-0.15, -0.1) is 0 Å². The normalized spacial score (nSPS) is 23.1. The van der Waals surface area contributed by atoms with Crippen molar-refractivity contribution in [2.24, 2.45) is 11.8 Å². The number of rotatable bonds is 5. The van der Waals surface area contributed by atoms with Crippen LogP contribution in [0.5, 0.6) is 0 Å². The van der Waals surface area contributed by atoms with Gasteiger partial charge in [-0.25, -0.2) is 9.97 Å². The number of hydrogen-bond acceptors (Lipinski definition) is 5. The molecule has 0 spiro atoms. The topological polar surface area (TPSA) is 87.2 Å². The van der Waals surface area contributed by atoms with Crippen molar-refractivity contribution in [2.75, 3.05) is 32.7 Å². The summed E-state index contributed by atoms with van der Waals surface area (Å²) in [4.78, 5) is 35.8. The summed E-state index contributed by atoms with van der Waals surface area (Å²) in [6.07, 6.45) is 3.44. The van der Waals surface area contributed by atoms with E-state index in [2.05, 4.69) is 20.6 Å². The molecule has 2 fully saturated rings. The number of nitrogens with one attached hydrogen (secondary N) is 2. The molecule has 2 saturated heterocycles. The van der Waals surface area contributed by atoms with Gasteiger partial charge in [0.2, 0.25) is 11.8 Å². The minimum Gasteiger partial charge on any atom is -0.355 e. The van der Waals surface area contributed by atoms with Crippen LogP contribution in [0.3, 0.4) is 0 Å². The minimum absolute atomic E-state index is 0.0146. The fourth-order valence-electron chi connectivity index (χ4n) is 3.88. The number of aryl methyl sites for hydroxylation is 2. The van der Waals surface area contributed by atoms with Gasteiger partial charge < -0.3 is 15.5 Å². The van der Waals surface area contributed by atoms with Crippen LogP contribution in [0.15, 0.2) is 6.07 Å². The summed E-state index contributed by atoms with van der Waals surface area (Å²) in [5, 5.41) is 6.25. The lowest BCUT2D eigenvalue weighted by molar-refractivity contribution is -0.136. The molecule has 2 amide bonds. The van der Waals surface area contributed by atoms with Crippen molar-refractivity contribution < 1.29 is 9.59 Å². The lowest BCUT2D eigenvalue weighted by Gasteiger charge is -2.31. The highest BCUT2D eigenvalue weighted by Crippen LogP contribution is 2.21. The second-order valence-electron chi connectivity index (χ2n) is 7.43. The van der Waals surface area contributed by atoms with Gasteiger partial charge >= 0.3 is 0 Å². The second kappa shape index (κ2) is 8.58. The van der Waals surface area contributed by atoms with Gasteiger partial charge in [0.05, 0.1) is 11.8 Å². The van der Waals surface area contributed by atoms with E-state index in [4.69, 9.17) is 0 Å². The molecule has 2 atom stereocenters. The lowest BCUT2D eigenvalue weighted by atomic mass is 9.89. The standard InChI is InChI=1S/C19H29N5O2/c1-13-9-14(2)23-17(22-13)5-6-21-18(25)15-10-16(12-20-11-15)19(26)24-7-3-4-8-24/h9,15-16,20H,3-8,10-12H2,1-2H3,(H,21,25)/t15-,16+/m0/s1. The number of carbonyl (C=O) groups excluding carboxylic acids is 2. The molecule has 2 N–H and O–H groups in total. The van der Waals surface area contributed by atoms with E-state index in [0.717, 1.165) is 43.1 Å². The van der Waals surface area contributed by atoms with Crippen LogP contribution in [0.1, 0.15) is 36.5 Å². The van der Waals surface area contributed by atoms with Crippen LogP contribution in [0.2, 0.25) is 0 Å². The maximum absolute atomic E-state index is 12.6. The number of nitrogens with zero attached hydrogens (tertiary/aromatic N) is 3. The molecule has 2 aliphatic heterocycles. The summed E-state index contributed by atoms with van der Waals surface area (Å²) in [6, 6.07) is 1.94. The molecule has 1 aromatic heterocycles. The Morgan fingerprint density at radius 1 is 1.15 bits per heavy atom. The Labute approximate surface area is 155 Å². The van der Waals surface area contributed by atoms with Crippen LogP contribution in [0.25, 0.3) is 0 Å². The molecule has 7 heteroatoms. The van der Waals surface area contributed by atoms with E-state index < -0.39 is 0 Å². The SMILES string of the molecule is Cc1cc(C)nc(CCNC(=O)[C@@H]2CNC[C@H](C(=O)N3CCCC3)C2)n1. The largest absolute Gasteiger partial charge is 0.355 e. The minimum atomic E-state index is -0.152. The third kappa shape index (κ3) is 4.78. The Morgan fingerprint density at radius 3 is 2.50 bits per heavy atom. The Balaban J connectivity index is 1.47. The van der Waals surface area contributed by atoms with Gasteiger partial charge in [0.1, 0.15) is 5.82 Å². The van der Waals surface area contributed by atoms with Gasteiger partial charge in [-0.2, -0.15) is 0 Å². The predicted octanol–water partition coefficient (Wildman–Crippen LogP) is 0.600. The van der Waals surface area contributed by atoms with Crippen LogP contribution in [0, 0.1) is 25.7 Å². The van der Waals surface area contributed by atoms with Gasteiger partial charge in [-0.3, -0.25) is 9.59 Å². The Kier molecular flexibility index (Phi) is 6.19. The Morgan fingerprint density at radius 2 is 1.81 bits per heavy atom. The van der Waals surface area contributed by atoms with E-state index in [1.54, 1.807) is 0 Å². The molecular weight excluding hydrogens is 330 g/mol. The zero-order valence-electron chi connectivity index (χ0n) is 15.8. The number of piperidine rings is 1. The average molecular weight is 359 g/mol. The molecule has 0 radical (unpaired) electrons. The van der Waals surface area contributed by atoms with Crippen molar-refractivity contribution in [2.45, 2.75) is 39.5 Å². The molecule has 0 bridgehead atoms. The van der Waals surface area contributed by atoms with Crippen molar-refractivity contribution in [1.29, 1.82) is 0 Å². The first kappa shape index (κ1) is 18.8. The van der Waals surface area contributed by atoms with E-state index in [-0.39, 0.29) is 23.7 Å². The molecule has 2 aliphatic rings. The first-order valence-corrected chi connectivity index (χ1v) is 9.61. The quantitative estimate of drug-likeness (QED) is 0.804. The summed E-state index contributed by atoms with van der Waals surface area (Å²) in [6.45, 7) is 7.45. The fourth-order valence-corrected chi connectivity index (χ4v) is 3.88. The molecule has 0 saturated carbocycles. The summed E-state index contributed by atoms with van der Waals surface area (Å²) < 4.78 is 0. The van der Waals surface area contributed by atoms with Crippen molar-refractivity contribution in [1.82, 2.24) is 25.5 Å². The van der Waals surface area contributed by atoms with Crippen molar-refractivity contribution >= 4 is 11.8 Å². The molecule has 1 aromatic rings. The Hall–Kier alpha value is -2.02. The summed E-state index contributed by atoms with van der Waals surface area (Å²) in [5.41, 5.74) is 1.89. The van der Waals surface area contributed by atoms with Crippen LogP contribution in [-0.2, 0) is 16.0 Å². The summed E-state index contributed by atoms with van der Waals surface area (Å²) in [5.74, 6) is 0.740. The van der Waals surface area contributed by atoms with Crippen LogP contribution in [-0.4, -0.2) is 59.4 Å². The summed E-state index contributed by atoms with van der Waals surface area (Å²) in [7, 11) is 0. The molecular formula is C19H29N5O2. The first-order chi connectivity index (χ1) is 12.5. The predicted molar refractivity (Wildman–Crippen MR) is 98.5 cm³/mol. The highest BCUT2D eigenvalue weighted by atomic mass is 16.2. The van der Waals surface area contributed by atoms with Crippen molar-refractivity contribution in [3.05, 3.63) is 23.3 Å². The highest BCUT2D eigenvalue weighted by molar-refractivity contribution is 5.83. The monoisotopic (exact) mass is 359 g/mol. The van der Waals surface area contributed by atoms with Crippen LogP contribution in [0.4, 0.5) is 0 Å². The molecule has 0 unspecified atom stereocenters. The number of likely N-dealkylation sites (tertiary alicyclic amines) is 1. The fraction of sp³-hybridized carbons (Fsp3) is 0.684. The summed E-state index contributed by atoms with van der Waals surface area (Å²) >= 11 is 0.